The molecule has 5 aromatic rings. The number of ether oxygens (including phenoxy) is 1. The summed E-state index contributed by atoms with van der Waals surface area (Å²) < 4.78 is 20.0. The van der Waals surface area contributed by atoms with Gasteiger partial charge in [0.1, 0.15) is 17.2 Å². The van der Waals surface area contributed by atoms with E-state index in [1.165, 1.54) is 13.2 Å². The Labute approximate surface area is 187 Å². The second kappa shape index (κ2) is 8.12. The molecule has 33 heavy (non-hydrogen) atoms. The van der Waals surface area contributed by atoms with E-state index in [1.54, 1.807) is 48.7 Å². The number of rotatable bonds is 4. The Morgan fingerprint density at radius 2 is 1.76 bits per heavy atom. The molecule has 0 spiro atoms. The molecule has 2 N–H and O–H groups in total. The van der Waals surface area contributed by atoms with Crippen molar-refractivity contribution in [3.8, 4) is 28.5 Å². The van der Waals surface area contributed by atoms with Crippen molar-refractivity contribution in [2.75, 3.05) is 12.8 Å². The molecule has 0 saturated carbocycles. The molecule has 0 aliphatic heterocycles. The average molecular weight is 440 g/mol. The summed E-state index contributed by atoms with van der Waals surface area (Å²) in [4.78, 5) is 29.7. The minimum atomic E-state index is -0.434. The Balaban J connectivity index is 1.75. The number of methoxy groups -OCH3 is 1. The van der Waals surface area contributed by atoms with Crippen LogP contribution in [-0.4, -0.2) is 37.6 Å². The summed E-state index contributed by atoms with van der Waals surface area (Å²) in [6.07, 6.45) is 2.75. The molecule has 0 unspecified atom stereocenters. The zero-order valence-electron chi connectivity index (χ0n) is 17.4. The SMILES string of the molecule is COC(=O)c1ccc(-n2c(-c3cccnc3N)nc3ccc(-c4ccc(F)cn4)nc32)cc1. The number of nitrogens with two attached hydrogens (primary N) is 1. The van der Waals surface area contributed by atoms with Gasteiger partial charge in [-0.3, -0.25) is 9.55 Å². The van der Waals surface area contributed by atoms with Gasteiger partial charge in [0.15, 0.2) is 11.5 Å². The summed E-state index contributed by atoms with van der Waals surface area (Å²) in [7, 11) is 1.33. The first-order valence-electron chi connectivity index (χ1n) is 9.96. The van der Waals surface area contributed by atoms with Gasteiger partial charge in [-0.15, -0.1) is 0 Å². The van der Waals surface area contributed by atoms with Crippen molar-refractivity contribution in [1.29, 1.82) is 0 Å². The number of hydrogen-bond donors (Lipinski definition) is 1. The smallest absolute Gasteiger partial charge is 0.337 e. The maximum atomic E-state index is 13.3. The van der Waals surface area contributed by atoms with Crippen LogP contribution < -0.4 is 5.73 Å². The lowest BCUT2D eigenvalue weighted by Crippen LogP contribution is -2.04. The molecule has 0 saturated heterocycles. The van der Waals surface area contributed by atoms with Crippen molar-refractivity contribution in [3.05, 3.63) is 84.4 Å². The number of hydrogen-bond acceptors (Lipinski definition) is 7. The highest BCUT2D eigenvalue weighted by Gasteiger charge is 2.19. The van der Waals surface area contributed by atoms with Gasteiger partial charge in [0.05, 0.1) is 35.8 Å². The molecule has 0 amide bonds. The predicted molar refractivity (Wildman–Crippen MR) is 121 cm³/mol. The van der Waals surface area contributed by atoms with Gasteiger partial charge in [0.2, 0.25) is 0 Å². The van der Waals surface area contributed by atoms with E-state index >= 15 is 0 Å². The van der Waals surface area contributed by atoms with Crippen LogP contribution in [0.1, 0.15) is 10.4 Å². The Morgan fingerprint density at radius 3 is 2.45 bits per heavy atom. The lowest BCUT2D eigenvalue weighted by Gasteiger charge is -2.11. The third-order valence-corrected chi connectivity index (χ3v) is 5.12. The van der Waals surface area contributed by atoms with Crippen LogP contribution in [0.3, 0.4) is 0 Å². The number of pyridine rings is 3. The number of aromatic nitrogens is 5. The Hall–Kier alpha value is -4.66. The number of halogens is 1. The van der Waals surface area contributed by atoms with Gasteiger partial charge in [-0.25, -0.2) is 24.1 Å². The molecule has 0 fully saturated rings. The first-order chi connectivity index (χ1) is 16.0. The molecule has 5 rings (SSSR count). The first-order valence-corrected chi connectivity index (χ1v) is 9.96. The third kappa shape index (κ3) is 3.65. The molecule has 1 aromatic carbocycles. The van der Waals surface area contributed by atoms with Crippen molar-refractivity contribution >= 4 is 23.0 Å². The summed E-state index contributed by atoms with van der Waals surface area (Å²) in [5.41, 5.74) is 10.1. The fourth-order valence-electron chi connectivity index (χ4n) is 3.52. The Bertz CT molecular complexity index is 1480. The standard InChI is InChI=1S/C24H17FN6O2/c1-33-24(32)14-4-7-16(8-5-14)31-22(17-3-2-12-27-21(17)26)30-20-11-10-19(29-23(20)31)18-9-6-15(25)13-28-18/h2-13H,1H3,(H2,26,27). The van der Waals surface area contributed by atoms with E-state index in [1.807, 2.05) is 16.7 Å². The second-order valence-corrected chi connectivity index (χ2v) is 7.15. The predicted octanol–water partition coefficient (Wildman–Crippen LogP) is 4.05. The van der Waals surface area contributed by atoms with Gasteiger partial charge < -0.3 is 10.5 Å². The number of imidazole rings is 1. The molecule has 0 aliphatic rings. The van der Waals surface area contributed by atoms with Crippen molar-refractivity contribution < 1.29 is 13.9 Å². The number of benzene rings is 1. The molecule has 4 aromatic heterocycles. The van der Waals surface area contributed by atoms with E-state index in [0.717, 1.165) is 6.20 Å². The van der Waals surface area contributed by atoms with Gasteiger partial charge in [-0.2, -0.15) is 0 Å². The largest absolute Gasteiger partial charge is 0.465 e. The van der Waals surface area contributed by atoms with Gasteiger partial charge in [-0.1, -0.05) is 0 Å². The third-order valence-electron chi connectivity index (χ3n) is 5.12. The normalized spacial score (nSPS) is 11.0. The van der Waals surface area contributed by atoms with Crippen LogP contribution in [0.2, 0.25) is 0 Å². The number of esters is 1. The van der Waals surface area contributed by atoms with E-state index in [9.17, 15) is 9.18 Å². The number of carbonyl (C=O) groups is 1. The molecular formula is C24H17FN6O2. The van der Waals surface area contributed by atoms with Gasteiger partial charge in [0, 0.05) is 11.9 Å². The summed E-state index contributed by atoms with van der Waals surface area (Å²) in [5.74, 6) is 0.000242. The molecule has 8 nitrogen and oxygen atoms in total. The fraction of sp³-hybridized carbons (Fsp3) is 0.0417. The first kappa shape index (κ1) is 20.3. The monoisotopic (exact) mass is 440 g/mol. The van der Waals surface area contributed by atoms with E-state index in [0.29, 0.717) is 51.0 Å². The molecule has 162 valence electrons. The quantitative estimate of drug-likeness (QED) is 0.420. The minimum Gasteiger partial charge on any atom is -0.465 e. The summed E-state index contributed by atoms with van der Waals surface area (Å²) >= 11 is 0. The van der Waals surface area contributed by atoms with Crippen molar-refractivity contribution in [2.24, 2.45) is 0 Å². The maximum absolute atomic E-state index is 13.3. The van der Waals surface area contributed by atoms with Crippen molar-refractivity contribution in [1.82, 2.24) is 24.5 Å². The summed E-state index contributed by atoms with van der Waals surface area (Å²) in [6.45, 7) is 0. The number of fused-ring (bicyclic) bond motifs is 1. The lowest BCUT2D eigenvalue weighted by molar-refractivity contribution is 0.0600. The molecule has 4 heterocycles. The van der Waals surface area contributed by atoms with E-state index in [-0.39, 0.29) is 0 Å². The molecule has 0 aliphatic carbocycles. The maximum Gasteiger partial charge on any atom is 0.337 e. The zero-order chi connectivity index (χ0) is 22.9. The van der Waals surface area contributed by atoms with Crippen LogP contribution in [0.25, 0.3) is 39.6 Å². The average Bonchev–Trinajstić information content (AvgIpc) is 3.23. The Kier molecular flexibility index (Phi) is 4.98. The topological polar surface area (TPSA) is 109 Å². The molecule has 0 radical (unpaired) electrons. The highest BCUT2D eigenvalue weighted by atomic mass is 19.1. The lowest BCUT2D eigenvalue weighted by atomic mass is 10.2. The second-order valence-electron chi connectivity index (χ2n) is 7.15. The van der Waals surface area contributed by atoms with Crippen LogP contribution in [0, 0.1) is 5.82 Å². The van der Waals surface area contributed by atoms with Crippen LogP contribution in [-0.2, 0) is 4.74 Å². The number of nitrogens with zero attached hydrogens (tertiary/aromatic N) is 5. The highest BCUT2D eigenvalue weighted by Crippen LogP contribution is 2.31. The van der Waals surface area contributed by atoms with Gasteiger partial charge >= 0.3 is 5.97 Å². The van der Waals surface area contributed by atoms with Crippen molar-refractivity contribution in [2.45, 2.75) is 0 Å². The van der Waals surface area contributed by atoms with Crippen LogP contribution >= 0.6 is 0 Å². The van der Waals surface area contributed by atoms with E-state index < -0.39 is 11.8 Å². The summed E-state index contributed by atoms with van der Waals surface area (Å²) in [5, 5.41) is 0. The van der Waals surface area contributed by atoms with Gasteiger partial charge in [-0.05, 0) is 60.7 Å². The molecule has 0 bridgehead atoms. The highest BCUT2D eigenvalue weighted by molar-refractivity contribution is 5.90. The zero-order valence-corrected chi connectivity index (χ0v) is 17.4. The molecular weight excluding hydrogens is 423 g/mol. The van der Waals surface area contributed by atoms with E-state index in [4.69, 9.17) is 20.4 Å². The van der Waals surface area contributed by atoms with Crippen molar-refractivity contribution in [3.63, 3.8) is 0 Å². The number of carbonyl (C=O) groups excluding carboxylic acids is 1. The Morgan fingerprint density at radius 1 is 0.970 bits per heavy atom. The fourth-order valence-corrected chi connectivity index (χ4v) is 3.52. The number of anilines is 1. The molecule has 9 heteroatoms. The van der Waals surface area contributed by atoms with Crippen LogP contribution in [0.15, 0.2) is 73.1 Å². The van der Waals surface area contributed by atoms with Crippen LogP contribution in [0.5, 0.6) is 0 Å². The van der Waals surface area contributed by atoms with E-state index in [2.05, 4.69) is 9.97 Å². The minimum absolute atomic E-state index is 0.320. The van der Waals surface area contributed by atoms with Gasteiger partial charge in [0.25, 0.3) is 0 Å². The number of nitrogen functional groups attached to an aromatic ring is 1. The van der Waals surface area contributed by atoms with Crippen LogP contribution in [0.4, 0.5) is 10.2 Å². The summed E-state index contributed by atoms with van der Waals surface area (Å²) in [6, 6.07) is 17.0. The molecule has 0 atom stereocenters.